The van der Waals surface area contributed by atoms with Crippen molar-refractivity contribution in [2.24, 2.45) is 0 Å². The second kappa shape index (κ2) is 10.7. The minimum Gasteiger partial charge on any atom is -0.354 e. The van der Waals surface area contributed by atoms with Crippen molar-refractivity contribution in [2.45, 2.75) is 26.3 Å². The van der Waals surface area contributed by atoms with Gasteiger partial charge in [-0.1, -0.05) is 50.2 Å². The Morgan fingerprint density at radius 3 is 2.38 bits per heavy atom. The highest BCUT2D eigenvalue weighted by Crippen LogP contribution is 2.19. The van der Waals surface area contributed by atoms with Crippen LogP contribution in [0, 0.1) is 0 Å². The van der Waals surface area contributed by atoms with Crippen molar-refractivity contribution in [2.75, 3.05) is 26.2 Å². The van der Waals surface area contributed by atoms with Crippen LogP contribution in [-0.4, -0.2) is 42.9 Å². The van der Waals surface area contributed by atoms with Gasteiger partial charge in [0.1, 0.15) is 0 Å². The molecule has 2 rings (SSSR count). The van der Waals surface area contributed by atoms with E-state index in [2.05, 4.69) is 41.5 Å². The molecule has 140 valence electrons. The monoisotopic (exact) mass is 373 g/mol. The Balaban J connectivity index is 1.82. The van der Waals surface area contributed by atoms with Gasteiger partial charge in [-0.05, 0) is 30.1 Å². The van der Waals surface area contributed by atoms with E-state index in [0.717, 1.165) is 13.1 Å². The Morgan fingerprint density at radius 2 is 1.77 bits per heavy atom. The Labute approximate surface area is 159 Å². The van der Waals surface area contributed by atoms with Gasteiger partial charge in [-0.2, -0.15) is 0 Å². The summed E-state index contributed by atoms with van der Waals surface area (Å²) in [6.45, 7) is 6.99. The molecule has 1 aromatic carbocycles. The summed E-state index contributed by atoms with van der Waals surface area (Å²) in [7, 11) is 0. The van der Waals surface area contributed by atoms with Gasteiger partial charge in [0.2, 0.25) is 5.91 Å². The van der Waals surface area contributed by atoms with Crippen LogP contribution in [0.5, 0.6) is 0 Å². The molecule has 0 spiro atoms. The highest BCUT2D eigenvalue weighted by molar-refractivity contribution is 7.12. The van der Waals surface area contributed by atoms with Crippen molar-refractivity contribution in [3.05, 3.63) is 58.3 Å². The van der Waals surface area contributed by atoms with E-state index in [1.165, 1.54) is 16.9 Å². The number of hydrogen-bond acceptors (Lipinski definition) is 4. The third-order valence-electron chi connectivity index (χ3n) is 4.31. The minimum atomic E-state index is -0.127. The molecule has 0 aliphatic heterocycles. The maximum Gasteiger partial charge on any atom is 0.261 e. The van der Waals surface area contributed by atoms with Crippen molar-refractivity contribution in [1.82, 2.24) is 15.5 Å². The first-order chi connectivity index (χ1) is 12.7. The SMILES string of the molecule is CCN(CC)C(CNC(=O)CCNC(=O)c1cccs1)c1ccccc1. The summed E-state index contributed by atoms with van der Waals surface area (Å²) in [5, 5.41) is 7.65. The van der Waals surface area contributed by atoms with Gasteiger partial charge in [0.15, 0.2) is 0 Å². The molecule has 0 fully saturated rings. The molecular weight excluding hydrogens is 346 g/mol. The fourth-order valence-corrected chi connectivity index (χ4v) is 3.52. The molecule has 26 heavy (non-hydrogen) atoms. The Bertz CT molecular complexity index is 670. The molecule has 0 radical (unpaired) electrons. The van der Waals surface area contributed by atoms with Crippen LogP contribution in [0.3, 0.4) is 0 Å². The molecule has 2 amide bonds. The maximum atomic E-state index is 12.2. The van der Waals surface area contributed by atoms with Gasteiger partial charge in [-0.15, -0.1) is 11.3 Å². The zero-order valence-electron chi connectivity index (χ0n) is 15.4. The summed E-state index contributed by atoms with van der Waals surface area (Å²) >= 11 is 1.39. The van der Waals surface area contributed by atoms with Crippen LogP contribution in [0.4, 0.5) is 0 Å². The van der Waals surface area contributed by atoms with Gasteiger partial charge in [-0.3, -0.25) is 14.5 Å². The van der Waals surface area contributed by atoms with Gasteiger partial charge in [0.25, 0.3) is 5.91 Å². The Kier molecular flexibility index (Phi) is 8.31. The van der Waals surface area contributed by atoms with Crippen LogP contribution in [0.2, 0.25) is 0 Å². The molecule has 2 N–H and O–H groups in total. The number of benzene rings is 1. The second-order valence-electron chi connectivity index (χ2n) is 5.93. The first-order valence-electron chi connectivity index (χ1n) is 9.03. The van der Waals surface area contributed by atoms with E-state index in [1.54, 1.807) is 6.07 Å². The van der Waals surface area contributed by atoms with Crippen LogP contribution >= 0.6 is 11.3 Å². The average molecular weight is 374 g/mol. The fourth-order valence-electron chi connectivity index (χ4n) is 2.88. The second-order valence-corrected chi connectivity index (χ2v) is 6.88. The first-order valence-corrected chi connectivity index (χ1v) is 9.91. The fraction of sp³-hybridized carbons (Fsp3) is 0.400. The van der Waals surface area contributed by atoms with Gasteiger partial charge in [0, 0.05) is 19.5 Å². The van der Waals surface area contributed by atoms with E-state index >= 15 is 0 Å². The average Bonchev–Trinajstić information content (AvgIpc) is 3.20. The van der Waals surface area contributed by atoms with E-state index in [0.29, 0.717) is 18.0 Å². The van der Waals surface area contributed by atoms with Crippen molar-refractivity contribution < 1.29 is 9.59 Å². The molecule has 2 aromatic rings. The zero-order valence-corrected chi connectivity index (χ0v) is 16.2. The van der Waals surface area contributed by atoms with Crippen LogP contribution < -0.4 is 10.6 Å². The van der Waals surface area contributed by atoms with E-state index in [4.69, 9.17) is 0 Å². The van der Waals surface area contributed by atoms with Crippen LogP contribution in [0.25, 0.3) is 0 Å². The molecule has 1 atom stereocenters. The van der Waals surface area contributed by atoms with E-state index in [9.17, 15) is 9.59 Å². The third-order valence-corrected chi connectivity index (χ3v) is 5.18. The number of nitrogens with zero attached hydrogens (tertiary/aromatic N) is 1. The van der Waals surface area contributed by atoms with E-state index in [-0.39, 0.29) is 24.3 Å². The molecule has 0 saturated heterocycles. The summed E-state index contributed by atoms with van der Waals surface area (Å²) in [6, 6.07) is 14.0. The molecule has 6 heteroatoms. The lowest BCUT2D eigenvalue weighted by Crippen LogP contribution is -2.39. The van der Waals surface area contributed by atoms with Gasteiger partial charge in [0.05, 0.1) is 10.9 Å². The lowest BCUT2D eigenvalue weighted by molar-refractivity contribution is -0.121. The smallest absolute Gasteiger partial charge is 0.261 e. The number of thiophene rings is 1. The summed E-state index contributed by atoms with van der Waals surface area (Å²) < 4.78 is 0. The standard InChI is InChI=1S/C20H27N3O2S/c1-3-23(4-2)17(16-9-6-5-7-10-16)15-22-19(24)12-13-21-20(25)18-11-8-14-26-18/h5-11,14,17H,3-4,12-13,15H2,1-2H3,(H,21,25)(H,22,24). The van der Waals surface area contributed by atoms with Crippen molar-refractivity contribution >= 4 is 23.2 Å². The molecule has 1 heterocycles. The van der Waals surface area contributed by atoms with Crippen molar-refractivity contribution in [3.8, 4) is 0 Å². The maximum absolute atomic E-state index is 12.2. The number of amides is 2. The zero-order chi connectivity index (χ0) is 18.8. The van der Waals surface area contributed by atoms with Gasteiger partial charge in [-0.25, -0.2) is 0 Å². The predicted octanol–water partition coefficient (Wildman–Crippen LogP) is 3.07. The van der Waals surface area contributed by atoms with Crippen molar-refractivity contribution in [1.29, 1.82) is 0 Å². The van der Waals surface area contributed by atoms with E-state index < -0.39 is 0 Å². The van der Waals surface area contributed by atoms with Gasteiger partial charge < -0.3 is 10.6 Å². The molecule has 0 aliphatic rings. The number of nitrogens with one attached hydrogen (secondary N) is 2. The predicted molar refractivity (Wildman–Crippen MR) is 106 cm³/mol. The normalized spacial score (nSPS) is 12.0. The Hall–Kier alpha value is -2.18. The molecule has 0 saturated carbocycles. The summed E-state index contributed by atoms with van der Waals surface area (Å²) in [5.41, 5.74) is 1.20. The number of carbonyl (C=O) groups excluding carboxylic acids is 2. The van der Waals surface area contributed by atoms with Crippen molar-refractivity contribution in [3.63, 3.8) is 0 Å². The van der Waals surface area contributed by atoms with E-state index in [1.807, 2.05) is 29.6 Å². The topological polar surface area (TPSA) is 61.4 Å². The lowest BCUT2D eigenvalue weighted by Gasteiger charge is -2.30. The highest BCUT2D eigenvalue weighted by atomic mass is 32.1. The lowest BCUT2D eigenvalue weighted by atomic mass is 10.1. The quantitative estimate of drug-likeness (QED) is 0.673. The van der Waals surface area contributed by atoms with Crippen LogP contribution in [-0.2, 0) is 4.79 Å². The Morgan fingerprint density at radius 1 is 1.04 bits per heavy atom. The number of carbonyl (C=O) groups is 2. The largest absolute Gasteiger partial charge is 0.354 e. The number of likely N-dealkylation sites (N-methyl/N-ethyl adjacent to an activating group) is 1. The molecule has 0 aliphatic carbocycles. The first kappa shape index (κ1) is 20.1. The minimum absolute atomic E-state index is 0.0513. The van der Waals surface area contributed by atoms with Crippen LogP contribution in [0.15, 0.2) is 47.8 Å². The summed E-state index contributed by atoms with van der Waals surface area (Å²) in [5.74, 6) is -0.178. The van der Waals surface area contributed by atoms with Gasteiger partial charge >= 0.3 is 0 Å². The summed E-state index contributed by atoms with van der Waals surface area (Å²) in [6.07, 6.45) is 0.275. The molecule has 0 bridgehead atoms. The number of hydrogen-bond donors (Lipinski definition) is 2. The molecular formula is C20H27N3O2S. The molecule has 5 nitrogen and oxygen atoms in total. The molecule has 1 unspecified atom stereocenters. The molecule has 1 aromatic heterocycles. The third kappa shape index (κ3) is 5.97. The summed E-state index contributed by atoms with van der Waals surface area (Å²) in [4.78, 5) is 27.0. The van der Waals surface area contributed by atoms with Crippen LogP contribution in [0.1, 0.15) is 41.5 Å². The number of rotatable bonds is 10. The highest BCUT2D eigenvalue weighted by Gasteiger charge is 2.18.